The predicted octanol–water partition coefficient (Wildman–Crippen LogP) is 3.34. The van der Waals surface area contributed by atoms with Gasteiger partial charge in [-0.3, -0.25) is 20.3 Å². The van der Waals surface area contributed by atoms with Crippen LogP contribution in [0.1, 0.15) is 24.5 Å². The Morgan fingerprint density at radius 1 is 1.32 bits per heavy atom. The van der Waals surface area contributed by atoms with Gasteiger partial charge >= 0.3 is 0 Å². The number of para-hydroxylation sites is 2. The lowest BCUT2D eigenvalue weighted by atomic mass is 10.0. The number of nitrogens with zero attached hydrogens (tertiary/aromatic N) is 3. The van der Waals surface area contributed by atoms with E-state index < -0.39 is 4.92 Å². The minimum Gasteiger partial charge on any atom is -0.315 e. The van der Waals surface area contributed by atoms with Crippen molar-refractivity contribution in [2.24, 2.45) is 5.10 Å². The number of amides is 1. The summed E-state index contributed by atoms with van der Waals surface area (Å²) in [6.07, 6.45) is 1.03. The molecule has 3 rings (SSSR count). The Morgan fingerprint density at radius 3 is 2.80 bits per heavy atom. The Bertz CT molecular complexity index is 876. The maximum atomic E-state index is 11.8. The number of nitrogens with one attached hydrogen (secondary N) is 1. The van der Waals surface area contributed by atoms with Gasteiger partial charge in [-0.15, -0.1) is 0 Å². The highest BCUT2D eigenvalue weighted by atomic mass is 16.6. The van der Waals surface area contributed by atoms with E-state index in [4.69, 9.17) is 0 Å². The summed E-state index contributed by atoms with van der Waals surface area (Å²) in [4.78, 5) is 24.1. The summed E-state index contributed by atoms with van der Waals surface area (Å²) in [7, 11) is 1.76. The van der Waals surface area contributed by atoms with Gasteiger partial charge in [0.25, 0.3) is 5.69 Å². The van der Waals surface area contributed by atoms with E-state index in [0.29, 0.717) is 18.5 Å². The van der Waals surface area contributed by atoms with Gasteiger partial charge in [-0.05, 0) is 35.7 Å². The molecular weight excluding hydrogens is 320 g/mol. The first-order valence-electron chi connectivity index (χ1n) is 7.97. The number of hydrogen-bond donors (Lipinski definition) is 1. The summed E-state index contributed by atoms with van der Waals surface area (Å²) in [6.45, 7) is 1.96. The number of nitro benzene ring substituents is 1. The number of rotatable bonds is 5. The lowest BCUT2D eigenvalue weighted by molar-refractivity contribution is -0.384. The van der Waals surface area contributed by atoms with Crippen molar-refractivity contribution >= 4 is 28.7 Å². The molecule has 0 bridgehead atoms. The number of anilines is 2. The highest BCUT2D eigenvalue weighted by molar-refractivity contribution is 6.05. The predicted molar refractivity (Wildman–Crippen MR) is 97.1 cm³/mol. The lowest BCUT2D eigenvalue weighted by Crippen LogP contribution is -2.20. The van der Waals surface area contributed by atoms with E-state index in [9.17, 15) is 14.9 Å². The second kappa shape index (κ2) is 6.72. The molecular formula is C18H18N4O3. The number of likely N-dealkylation sites (N-methyl/N-ethyl adjacent to an activating group) is 1. The molecule has 0 unspecified atom stereocenters. The van der Waals surface area contributed by atoms with E-state index >= 15 is 0 Å². The molecule has 7 nitrogen and oxygen atoms in total. The van der Waals surface area contributed by atoms with Crippen molar-refractivity contribution in [2.45, 2.75) is 19.8 Å². The van der Waals surface area contributed by atoms with Gasteiger partial charge in [-0.2, -0.15) is 5.10 Å². The number of hydrazone groups is 1. The Hall–Kier alpha value is -3.22. The number of benzene rings is 2. The number of nitro groups is 1. The van der Waals surface area contributed by atoms with Crippen LogP contribution in [0, 0.1) is 10.1 Å². The van der Waals surface area contributed by atoms with Crippen LogP contribution in [0.15, 0.2) is 47.6 Å². The first-order chi connectivity index (χ1) is 12.0. The molecule has 1 N–H and O–H groups in total. The third-order valence-electron chi connectivity index (χ3n) is 4.24. The maximum absolute atomic E-state index is 11.8. The van der Waals surface area contributed by atoms with Crippen LogP contribution in [0.5, 0.6) is 0 Å². The van der Waals surface area contributed by atoms with Crippen molar-refractivity contribution in [3.05, 3.63) is 63.7 Å². The molecule has 0 spiro atoms. The maximum Gasteiger partial charge on any atom is 0.294 e. The van der Waals surface area contributed by atoms with Gasteiger partial charge in [-0.25, -0.2) is 0 Å². The molecule has 0 saturated heterocycles. The van der Waals surface area contributed by atoms with E-state index in [-0.39, 0.29) is 11.6 Å². The zero-order chi connectivity index (χ0) is 18.0. The van der Waals surface area contributed by atoms with E-state index in [2.05, 4.69) is 10.5 Å². The molecule has 1 aliphatic rings. The fourth-order valence-electron chi connectivity index (χ4n) is 2.85. The Balaban J connectivity index is 1.89. The van der Waals surface area contributed by atoms with Crippen LogP contribution in [-0.2, 0) is 11.2 Å². The van der Waals surface area contributed by atoms with E-state index in [1.54, 1.807) is 30.1 Å². The lowest BCUT2D eigenvalue weighted by Gasteiger charge is -2.11. The molecule has 1 amide bonds. The van der Waals surface area contributed by atoms with Crippen LogP contribution >= 0.6 is 0 Å². The van der Waals surface area contributed by atoms with E-state index in [1.807, 2.05) is 25.1 Å². The van der Waals surface area contributed by atoms with Crippen molar-refractivity contribution in [1.29, 1.82) is 0 Å². The van der Waals surface area contributed by atoms with Gasteiger partial charge in [0.05, 0.1) is 17.1 Å². The second-order valence-corrected chi connectivity index (χ2v) is 5.77. The van der Waals surface area contributed by atoms with Gasteiger partial charge in [0.2, 0.25) is 5.91 Å². The van der Waals surface area contributed by atoms with Crippen molar-refractivity contribution in [1.82, 2.24) is 0 Å². The van der Waals surface area contributed by atoms with Crippen molar-refractivity contribution in [3.8, 4) is 0 Å². The average molecular weight is 338 g/mol. The molecule has 25 heavy (non-hydrogen) atoms. The van der Waals surface area contributed by atoms with Crippen molar-refractivity contribution in [2.75, 3.05) is 17.4 Å². The topological polar surface area (TPSA) is 87.8 Å². The Morgan fingerprint density at radius 2 is 2.08 bits per heavy atom. The SMILES string of the molecule is CCC(=NNc1ccccc1[N+](=O)[O-])c1ccc2c(c1)CC(=O)N2C. The minimum atomic E-state index is -0.444. The molecule has 7 heteroatoms. The van der Waals surface area contributed by atoms with Gasteiger partial charge < -0.3 is 4.90 Å². The molecule has 0 aliphatic carbocycles. The first-order valence-corrected chi connectivity index (χ1v) is 7.97. The fourth-order valence-corrected chi connectivity index (χ4v) is 2.85. The standard InChI is InChI=1S/C18H18N4O3/c1-3-14(19-20-15-6-4-5-7-17(15)22(24)25)12-8-9-16-13(10-12)11-18(23)21(16)2/h4-10,20H,3,11H2,1-2H3. The van der Waals surface area contributed by atoms with Crippen LogP contribution in [0.25, 0.3) is 0 Å². The molecule has 128 valence electrons. The molecule has 0 saturated carbocycles. The third kappa shape index (κ3) is 3.21. The Kier molecular flexibility index (Phi) is 4.47. The zero-order valence-electron chi connectivity index (χ0n) is 14.0. The van der Waals surface area contributed by atoms with Gasteiger partial charge in [-0.1, -0.05) is 25.1 Å². The van der Waals surface area contributed by atoms with Crippen LogP contribution in [0.4, 0.5) is 17.1 Å². The summed E-state index contributed by atoms with van der Waals surface area (Å²) in [5.74, 6) is 0.0696. The smallest absolute Gasteiger partial charge is 0.294 e. The Labute approximate surface area is 145 Å². The summed E-state index contributed by atoms with van der Waals surface area (Å²) in [5, 5.41) is 15.4. The molecule has 0 atom stereocenters. The summed E-state index contributed by atoms with van der Waals surface area (Å²) in [6, 6.07) is 12.2. The minimum absolute atomic E-state index is 0.0251. The number of carbonyl (C=O) groups excluding carboxylic acids is 1. The normalized spacial score (nSPS) is 13.8. The first kappa shape index (κ1) is 16.6. The second-order valence-electron chi connectivity index (χ2n) is 5.77. The van der Waals surface area contributed by atoms with Crippen molar-refractivity contribution in [3.63, 3.8) is 0 Å². The summed E-state index contributed by atoms with van der Waals surface area (Å²) >= 11 is 0. The van der Waals surface area contributed by atoms with Crippen LogP contribution < -0.4 is 10.3 Å². The average Bonchev–Trinajstić information content (AvgIpc) is 2.89. The van der Waals surface area contributed by atoms with Crippen LogP contribution in [0.3, 0.4) is 0 Å². The fraction of sp³-hybridized carbons (Fsp3) is 0.222. The molecule has 1 heterocycles. The number of fused-ring (bicyclic) bond motifs is 1. The monoisotopic (exact) mass is 338 g/mol. The van der Waals surface area contributed by atoms with Gasteiger partial charge in [0.15, 0.2) is 0 Å². The van der Waals surface area contributed by atoms with Crippen LogP contribution in [0.2, 0.25) is 0 Å². The largest absolute Gasteiger partial charge is 0.315 e. The zero-order valence-corrected chi connectivity index (χ0v) is 14.0. The summed E-state index contributed by atoms with van der Waals surface area (Å²) in [5.41, 5.74) is 6.66. The molecule has 0 radical (unpaired) electrons. The van der Waals surface area contributed by atoms with Gasteiger partial charge in [0, 0.05) is 18.8 Å². The van der Waals surface area contributed by atoms with E-state index in [1.165, 1.54) is 6.07 Å². The quantitative estimate of drug-likeness (QED) is 0.514. The summed E-state index contributed by atoms with van der Waals surface area (Å²) < 4.78 is 0. The third-order valence-corrected chi connectivity index (χ3v) is 4.24. The molecule has 0 fully saturated rings. The van der Waals surface area contributed by atoms with Crippen LogP contribution in [-0.4, -0.2) is 23.6 Å². The number of carbonyl (C=O) groups is 1. The molecule has 1 aliphatic heterocycles. The number of hydrogen-bond acceptors (Lipinski definition) is 5. The highest BCUT2D eigenvalue weighted by Crippen LogP contribution is 2.29. The molecule has 2 aromatic rings. The van der Waals surface area contributed by atoms with Gasteiger partial charge in [0.1, 0.15) is 5.69 Å². The van der Waals surface area contributed by atoms with Crippen molar-refractivity contribution < 1.29 is 9.72 Å². The highest BCUT2D eigenvalue weighted by Gasteiger charge is 2.24. The van der Waals surface area contributed by atoms with E-state index in [0.717, 1.165) is 22.5 Å². The molecule has 0 aromatic heterocycles. The molecule has 2 aromatic carbocycles.